The Hall–Kier alpha value is -2.67. The van der Waals surface area contributed by atoms with E-state index in [9.17, 15) is 4.79 Å². The quantitative estimate of drug-likeness (QED) is 0.657. The third-order valence-electron chi connectivity index (χ3n) is 4.68. The van der Waals surface area contributed by atoms with E-state index in [1.807, 2.05) is 36.4 Å². The first kappa shape index (κ1) is 16.2. The number of ketones is 1. The van der Waals surface area contributed by atoms with Gasteiger partial charge >= 0.3 is 0 Å². The predicted molar refractivity (Wildman–Crippen MR) is 102 cm³/mol. The van der Waals surface area contributed by atoms with Crippen LogP contribution in [0, 0.1) is 0 Å². The van der Waals surface area contributed by atoms with Gasteiger partial charge in [0.2, 0.25) is 0 Å². The number of Topliss-reactive ketones (excluding diaryl/α,β-unsaturated/α-hetero) is 1. The standard InChI is InChI=1S/C23H22O/c1-3-10-20-17-19-14-7-8-15-21(19)23(2,22(20)24)16-9-13-18-11-5-4-6-12-18/h3-9,11-15,17H,1,10,16H2,2H3/b13-9+/t23-/m0/s1. The van der Waals surface area contributed by atoms with E-state index in [1.165, 1.54) is 0 Å². The van der Waals surface area contributed by atoms with E-state index < -0.39 is 5.41 Å². The summed E-state index contributed by atoms with van der Waals surface area (Å²) in [5, 5.41) is 0. The molecule has 0 aliphatic heterocycles. The summed E-state index contributed by atoms with van der Waals surface area (Å²) in [5.41, 5.74) is 3.73. The molecule has 1 atom stereocenters. The Morgan fingerprint density at radius 3 is 2.50 bits per heavy atom. The van der Waals surface area contributed by atoms with Crippen LogP contribution in [0.15, 0.2) is 78.9 Å². The van der Waals surface area contributed by atoms with Gasteiger partial charge in [-0.15, -0.1) is 6.58 Å². The second-order valence-corrected chi connectivity index (χ2v) is 6.43. The minimum absolute atomic E-state index is 0.207. The minimum Gasteiger partial charge on any atom is -0.294 e. The second-order valence-electron chi connectivity index (χ2n) is 6.43. The zero-order valence-electron chi connectivity index (χ0n) is 14.0. The molecule has 1 aliphatic carbocycles. The van der Waals surface area contributed by atoms with Gasteiger partial charge < -0.3 is 0 Å². The van der Waals surface area contributed by atoms with Gasteiger partial charge in [0.15, 0.2) is 5.78 Å². The van der Waals surface area contributed by atoms with Gasteiger partial charge in [-0.2, -0.15) is 0 Å². The van der Waals surface area contributed by atoms with Crippen molar-refractivity contribution >= 4 is 17.9 Å². The van der Waals surface area contributed by atoms with Crippen LogP contribution in [0.4, 0.5) is 0 Å². The molecule has 1 heteroatoms. The highest BCUT2D eigenvalue weighted by molar-refractivity contribution is 6.09. The van der Waals surface area contributed by atoms with Crippen LogP contribution in [0.1, 0.15) is 36.5 Å². The van der Waals surface area contributed by atoms with Crippen molar-refractivity contribution in [2.45, 2.75) is 25.2 Å². The summed E-state index contributed by atoms with van der Waals surface area (Å²) >= 11 is 0. The molecule has 2 aromatic carbocycles. The molecular formula is C23H22O. The molecule has 3 rings (SSSR count). The van der Waals surface area contributed by atoms with Gasteiger partial charge in [-0.25, -0.2) is 0 Å². The lowest BCUT2D eigenvalue weighted by atomic mass is 9.68. The number of carbonyl (C=O) groups excluding carboxylic acids is 1. The molecule has 0 heterocycles. The van der Waals surface area contributed by atoms with Crippen molar-refractivity contribution in [3.05, 3.63) is 95.6 Å². The zero-order chi connectivity index (χ0) is 17.0. The first-order valence-corrected chi connectivity index (χ1v) is 8.32. The van der Waals surface area contributed by atoms with Gasteiger partial charge in [-0.1, -0.05) is 72.8 Å². The van der Waals surface area contributed by atoms with Gasteiger partial charge in [0.05, 0.1) is 5.41 Å². The Balaban J connectivity index is 1.95. The van der Waals surface area contributed by atoms with Crippen LogP contribution in [0.25, 0.3) is 12.2 Å². The van der Waals surface area contributed by atoms with Gasteiger partial charge in [-0.3, -0.25) is 4.79 Å². The Kier molecular flexibility index (Phi) is 4.61. The van der Waals surface area contributed by atoms with Gasteiger partial charge in [0.1, 0.15) is 0 Å². The molecular weight excluding hydrogens is 292 g/mol. The number of fused-ring (bicyclic) bond motifs is 1. The van der Waals surface area contributed by atoms with Gasteiger partial charge in [0, 0.05) is 5.57 Å². The number of allylic oxidation sites excluding steroid dienone is 3. The molecule has 0 fully saturated rings. The number of rotatable bonds is 5. The molecule has 120 valence electrons. The van der Waals surface area contributed by atoms with Crippen molar-refractivity contribution in [3.8, 4) is 0 Å². The zero-order valence-corrected chi connectivity index (χ0v) is 14.0. The van der Waals surface area contributed by atoms with E-state index in [-0.39, 0.29) is 5.78 Å². The van der Waals surface area contributed by atoms with Crippen molar-refractivity contribution in [1.29, 1.82) is 0 Å². The maximum atomic E-state index is 13.1. The third kappa shape index (κ3) is 3.03. The average Bonchev–Trinajstić information content (AvgIpc) is 2.61. The van der Waals surface area contributed by atoms with E-state index in [4.69, 9.17) is 0 Å². The number of benzene rings is 2. The molecule has 0 amide bonds. The van der Waals surface area contributed by atoms with Crippen molar-refractivity contribution < 1.29 is 4.79 Å². The maximum Gasteiger partial charge on any atom is 0.169 e. The van der Waals surface area contributed by atoms with Crippen LogP contribution in [-0.2, 0) is 10.2 Å². The Morgan fingerprint density at radius 1 is 1.04 bits per heavy atom. The van der Waals surface area contributed by atoms with E-state index in [1.54, 1.807) is 6.08 Å². The lowest BCUT2D eigenvalue weighted by molar-refractivity contribution is -0.120. The SMILES string of the molecule is C=CCC1=Cc2ccccc2[C@](C)(C/C=C/c2ccccc2)C1=O. The molecule has 0 saturated carbocycles. The number of hydrogen-bond acceptors (Lipinski definition) is 1. The lowest BCUT2D eigenvalue weighted by Crippen LogP contribution is -2.36. The van der Waals surface area contributed by atoms with Gasteiger partial charge in [-0.05, 0) is 42.5 Å². The molecule has 24 heavy (non-hydrogen) atoms. The topological polar surface area (TPSA) is 17.1 Å². The fourth-order valence-electron chi connectivity index (χ4n) is 3.36. The molecule has 0 radical (unpaired) electrons. The summed E-state index contributed by atoms with van der Waals surface area (Å²) in [6, 6.07) is 18.4. The third-order valence-corrected chi connectivity index (χ3v) is 4.68. The summed E-state index contributed by atoms with van der Waals surface area (Å²) in [4.78, 5) is 13.1. The minimum atomic E-state index is -0.519. The average molecular weight is 314 g/mol. The van der Waals surface area contributed by atoms with Gasteiger partial charge in [0.25, 0.3) is 0 Å². The molecule has 0 N–H and O–H groups in total. The highest BCUT2D eigenvalue weighted by Crippen LogP contribution is 2.40. The highest BCUT2D eigenvalue weighted by atomic mass is 16.1. The highest BCUT2D eigenvalue weighted by Gasteiger charge is 2.39. The summed E-state index contributed by atoms with van der Waals surface area (Å²) in [7, 11) is 0. The number of hydrogen-bond donors (Lipinski definition) is 0. The Morgan fingerprint density at radius 2 is 1.75 bits per heavy atom. The fourth-order valence-corrected chi connectivity index (χ4v) is 3.36. The molecule has 0 spiro atoms. The monoisotopic (exact) mass is 314 g/mol. The summed E-state index contributed by atoms with van der Waals surface area (Å²) in [5.74, 6) is 0.207. The smallest absolute Gasteiger partial charge is 0.169 e. The lowest BCUT2D eigenvalue weighted by Gasteiger charge is -2.33. The van der Waals surface area contributed by atoms with E-state index in [2.05, 4.69) is 49.9 Å². The van der Waals surface area contributed by atoms with Crippen LogP contribution in [-0.4, -0.2) is 5.78 Å². The van der Waals surface area contributed by atoms with Crippen LogP contribution < -0.4 is 0 Å². The molecule has 0 bridgehead atoms. The second kappa shape index (κ2) is 6.84. The Labute approximate surface area is 144 Å². The van der Waals surface area contributed by atoms with Crippen molar-refractivity contribution in [2.24, 2.45) is 0 Å². The van der Waals surface area contributed by atoms with Crippen molar-refractivity contribution in [3.63, 3.8) is 0 Å². The molecule has 0 unspecified atom stereocenters. The molecule has 1 aliphatic rings. The van der Waals surface area contributed by atoms with Crippen LogP contribution in [0.3, 0.4) is 0 Å². The van der Waals surface area contributed by atoms with Crippen LogP contribution >= 0.6 is 0 Å². The van der Waals surface area contributed by atoms with E-state index in [0.717, 1.165) is 22.3 Å². The van der Waals surface area contributed by atoms with Crippen LogP contribution in [0.2, 0.25) is 0 Å². The molecule has 2 aromatic rings. The summed E-state index contributed by atoms with van der Waals surface area (Å²) in [6.07, 6.45) is 9.32. The van der Waals surface area contributed by atoms with E-state index in [0.29, 0.717) is 12.8 Å². The normalized spacial score (nSPS) is 19.9. The number of carbonyl (C=O) groups is 1. The molecule has 0 saturated heterocycles. The van der Waals surface area contributed by atoms with Crippen molar-refractivity contribution in [1.82, 2.24) is 0 Å². The van der Waals surface area contributed by atoms with E-state index >= 15 is 0 Å². The largest absolute Gasteiger partial charge is 0.294 e. The maximum absolute atomic E-state index is 13.1. The van der Waals surface area contributed by atoms with Crippen molar-refractivity contribution in [2.75, 3.05) is 0 Å². The first-order valence-electron chi connectivity index (χ1n) is 8.32. The summed E-state index contributed by atoms with van der Waals surface area (Å²) in [6.45, 7) is 5.84. The predicted octanol–water partition coefficient (Wildman–Crippen LogP) is 5.59. The first-order chi connectivity index (χ1) is 11.6. The molecule has 1 nitrogen and oxygen atoms in total. The Bertz CT molecular complexity index is 811. The fraction of sp³-hybridized carbons (Fsp3) is 0.174. The van der Waals surface area contributed by atoms with Crippen LogP contribution in [0.5, 0.6) is 0 Å². The molecule has 0 aromatic heterocycles. The summed E-state index contributed by atoms with van der Waals surface area (Å²) < 4.78 is 0.